The SMILES string of the molecule is Cl.N=C(N)NC(=N)NC(F)(F)F. The first-order chi connectivity index (χ1) is 4.81. The van der Waals surface area contributed by atoms with Gasteiger partial charge in [-0.2, -0.15) is 13.2 Å². The van der Waals surface area contributed by atoms with Crippen LogP contribution in [0.15, 0.2) is 0 Å². The smallest absolute Gasteiger partial charge is 0.370 e. The lowest BCUT2D eigenvalue weighted by atomic mass is 10.8. The van der Waals surface area contributed by atoms with Crippen LogP contribution in [0.5, 0.6) is 0 Å². The molecule has 0 spiro atoms. The molecule has 0 atom stereocenters. The van der Waals surface area contributed by atoms with Crippen LogP contribution in [-0.4, -0.2) is 18.2 Å². The standard InChI is InChI=1S/C3H6F3N5.ClH/c4-3(5,6)11-2(9)10-1(7)8;/h(H6,7,8,9,10,11);1H. The molecule has 0 unspecified atom stereocenters. The fraction of sp³-hybridized carbons (Fsp3) is 0.333. The summed E-state index contributed by atoms with van der Waals surface area (Å²) in [5.74, 6) is -1.81. The lowest BCUT2D eigenvalue weighted by Gasteiger charge is -2.10. The van der Waals surface area contributed by atoms with Gasteiger partial charge in [0.25, 0.3) is 0 Å². The number of hydrogen-bond donors (Lipinski definition) is 5. The Hall–Kier alpha value is -1.18. The Kier molecular flexibility index (Phi) is 5.20. The van der Waals surface area contributed by atoms with Gasteiger partial charge in [0.15, 0.2) is 5.96 Å². The van der Waals surface area contributed by atoms with E-state index >= 15 is 0 Å². The van der Waals surface area contributed by atoms with Crippen LogP contribution in [0.3, 0.4) is 0 Å². The highest BCUT2D eigenvalue weighted by Crippen LogP contribution is 2.07. The normalized spacial score (nSPS) is 9.58. The molecule has 0 aromatic rings. The Labute approximate surface area is 71.9 Å². The van der Waals surface area contributed by atoms with E-state index in [1.807, 2.05) is 0 Å². The molecule has 0 aliphatic carbocycles. The average molecular weight is 206 g/mol. The van der Waals surface area contributed by atoms with Crippen LogP contribution in [0.25, 0.3) is 0 Å². The molecular formula is C3H7ClF3N5. The molecule has 12 heavy (non-hydrogen) atoms. The minimum absolute atomic E-state index is 0. The van der Waals surface area contributed by atoms with E-state index in [0.717, 1.165) is 5.32 Å². The number of halogens is 4. The molecule has 0 aliphatic rings. The lowest BCUT2D eigenvalue weighted by Crippen LogP contribution is -2.48. The van der Waals surface area contributed by atoms with Gasteiger partial charge < -0.3 is 5.73 Å². The minimum atomic E-state index is -4.68. The minimum Gasteiger partial charge on any atom is -0.370 e. The topological polar surface area (TPSA) is 97.8 Å². The van der Waals surface area contributed by atoms with Crippen molar-refractivity contribution in [3.8, 4) is 0 Å². The van der Waals surface area contributed by atoms with Crippen LogP contribution in [0.2, 0.25) is 0 Å². The van der Waals surface area contributed by atoms with Gasteiger partial charge in [0.2, 0.25) is 5.96 Å². The molecule has 0 saturated heterocycles. The summed E-state index contributed by atoms with van der Waals surface area (Å²) >= 11 is 0. The van der Waals surface area contributed by atoms with Crippen molar-refractivity contribution in [2.75, 3.05) is 0 Å². The monoisotopic (exact) mass is 205 g/mol. The molecule has 0 fully saturated rings. The molecule has 0 saturated carbocycles. The molecule has 0 radical (unpaired) electrons. The molecule has 0 aromatic carbocycles. The maximum absolute atomic E-state index is 11.4. The predicted octanol–water partition coefficient (Wildman–Crippen LogP) is -0.0646. The van der Waals surface area contributed by atoms with Crippen molar-refractivity contribution < 1.29 is 13.2 Å². The van der Waals surface area contributed by atoms with E-state index in [1.165, 1.54) is 0 Å². The predicted molar refractivity (Wildman–Crippen MR) is 39.2 cm³/mol. The second kappa shape index (κ2) is 4.65. The Balaban J connectivity index is 0. The molecule has 0 rings (SSSR count). The Bertz CT molecular complexity index is 177. The van der Waals surface area contributed by atoms with Gasteiger partial charge in [-0.05, 0) is 0 Å². The molecule has 9 heteroatoms. The van der Waals surface area contributed by atoms with E-state index in [2.05, 4.69) is 5.73 Å². The van der Waals surface area contributed by atoms with Gasteiger partial charge in [0.05, 0.1) is 0 Å². The fourth-order valence-corrected chi connectivity index (χ4v) is 0.308. The van der Waals surface area contributed by atoms with Crippen molar-refractivity contribution in [3.05, 3.63) is 0 Å². The van der Waals surface area contributed by atoms with Gasteiger partial charge in [-0.25, -0.2) is 0 Å². The van der Waals surface area contributed by atoms with Crippen LogP contribution in [0.1, 0.15) is 0 Å². The third-order valence-electron chi connectivity index (χ3n) is 0.526. The van der Waals surface area contributed by atoms with E-state index in [9.17, 15) is 13.2 Å². The molecule has 0 aliphatic heterocycles. The van der Waals surface area contributed by atoms with Crippen LogP contribution in [0, 0.1) is 10.8 Å². The van der Waals surface area contributed by atoms with Gasteiger partial charge in [0.1, 0.15) is 0 Å². The maximum atomic E-state index is 11.4. The quantitative estimate of drug-likeness (QED) is 0.218. The largest absolute Gasteiger partial charge is 0.484 e. The molecule has 0 amide bonds. The number of nitrogens with two attached hydrogens (primary N) is 1. The van der Waals surface area contributed by atoms with Crippen molar-refractivity contribution in [2.24, 2.45) is 5.73 Å². The summed E-state index contributed by atoms with van der Waals surface area (Å²) in [5.41, 5.74) is 4.64. The van der Waals surface area contributed by atoms with Crippen molar-refractivity contribution in [3.63, 3.8) is 0 Å². The fourth-order valence-electron chi connectivity index (χ4n) is 0.308. The summed E-state index contributed by atoms with van der Waals surface area (Å²) in [4.78, 5) is 0. The van der Waals surface area contributed by atoms with Crippen LogP contribution < -0.4 is 16.4 Å². The average Bonchev–Trinajstić information content (AvgIpc) is 1.53. The van der Waals surface area contributed by atoms with Gasteiger partial charge >= 0.3 is 6.30 Å². The highest BCUT2D eigenvalue weighted by molar-refractivity contribution is 5.94. The number of alkyl halides is 3. The number of rotatable bonds is 0. The third-order valence-corrected chi connectivity index (χ3v) is 0.526. The first kappa shape index (κ1) is 13.4. The Morgan fingerprint density at radius 1 is 1.25 bits per heavy atom. The van der Waals surface area contributed by atoms with Gasteiger partial charge in [0, 0.05) is 0 Å². The molecule has 6 N–H and O–H groups in total. The summed E-state index contributed by atoms with van der Waals surface area (Å²) in [6.45, 7) is 0. The first-order valence-electron chi connectivity index (χ1n) is 2.36. The third kappa shape index (κ3) is 8.82. The summed E-state index contributed by atoms with van der Waals surface area (Å²) in [5, 5.41) is 15.4. The maximum Gasteiger partial charge on any atom is 0.484 e. The highest BCUT2D eigenvalue weighted by atomic mass is 35.5. The van der Waals surface area contributed by atoms with E-state index in [1.54, 1.807) is 5.32 Å². The second-order valence-corrected chi connectivity index (χ2v) is 1.54. The summed E-state index contributed by atoms with van der Waals surface area (Å²) < 4.78 is 34.1. The molecular weight excluding hydrogens is 199 g/mol. The van der Waals surface area contributed by atoms with E-state index in [0.29, 0.717) is 0 Å². The van der Waals surface area contributed by atoms with E-state index in [4.69, 9.17) is 10.8 Å². The van der Waals surface area contributed by atoms with Crippen molar-refractivity contribution in [2.45, 2.75) is 6.30 Å². The number of guanidine groups is 2. The Morgan fingerprint density at radius 2 is 1.67 bits per heavy atom. The highest BCUT2D eigenvalue weighted by Gasteiger charge is 2.28. The first-order valence-corrected chi connectivity index (χ1v) is 2.36. The van der Waals surface area contributed by atoms with Crippen molar-refractivity contribution in [1.29, 1.82) is 10.8 Å². The molecule has 5 nitrogen and oxygen atoms in total. The van der Waals surface area contributed by atoms with Crippen LogP contribution in [0.4, 0.5) is 13.2 Å². The van der Waals surface area contributed by atoms with E-state index < -0.39 is 18.2 Å². The lowest BCUT2D eigenvalue weighted by molar-refractivity contribution is -0.142. The van der Waals surface area contributed by atoms with Crippen LogP contribution in [-0.2, 0) is 0 Å². The summed E-state index contributed by atoms with van der Waals surface area (Å²) in [6.07, 6.45) is -4.68. The van der Waals surface area contributed by atoms with Gasteiger partial charge in [-0.15, -0.1) is 12.4 Å². The zero-order valence-electron chi connectivity index (χ0n) is 5.62. The number of nitrogens with one attached hydrogen (secondary N) is 4. The van der Waals surface area contributed by atoms with Crippen molar-refractivity contribution >= 4 is 24.3 Å². The van der Waals surface area contributed by atoms with Crippen molar-refractivity contribution in [1.82, 2.24) is 10.6 Å². The van der Waals surface area contributed by atoms with Gasteiger partial charge in [-0.1, -0.05) is 0 Å². The van der Waals surface area contributed by atoms with Gasteiger partial charge in [-0.3, -0.25) is 21.5 Å². The Morgan fingerprint density at radius 3 is 1.92 bits per heavy atom. The molecule has 72 valence electrons. The molecule has 0 aromatic heterocycles. The van der Waals surface area contributed by atoms with E-state index in [-0.39, 0.29) is 12.4 Å². The molecule has 0 heterocycles. The zero-order valence-corrected chi connectivity index (χ0v) is 6.44. The summed E-state index contributed by atoms with van der Waals surface area (Å²) in [6, 6.07) is 0. The summed E-state index contributed by atoms with van der Waals surface area (Å²) in [7, 11) is 0. The molecule has 0 bridgehead atoms. The zero-order chi connectivity index (χ0) is 9.07. The van der Waals surface area contributed by atoms with Crippen LogP contribution >= 0.6 is 12.4 Å². The second-order valence-electron chi connectivity index (χ2n) is 1.54. The number of hydrogen-bond acceptors (Lipinski definition) is 2.